The molecule has 0 aromatic rings. The van der Waals surface area contributed by atoms with Crippen LogP contribution in [0.1, 0.15) is 47.0 Å². The number of guanidine groups is 1. The second-order valence-corrected chi connectivity index (χ2v) is 7.74. The SMILES string of the molecule is CCNC(=NCCCN1CC(C)OC(C)C1)NC1CCN(C(=O)OCC)CC1. The van der Waals surface area contributed by atoms with E-state index in [1.165, 1.54) is 0 Å². The predicted octanol–water partition coefficient (Wildman–Crippen LogP) is 1.66. The normalized spacial score (nSPS) is 24.9. The van der Waals surface area contributed by atoms with Crippen LogP contribution in [0.25, 0.3) is 0 Å². The largest absolute Gasteiger partial charge is 0.450 e. The lowest BCUT2D eigenvalue weighted by molar-refractivity contribution is -0.0679. The van der Waals surface area contributed by atoms with Gasteiger partial charge in [0.2, 0.25) is 0 Å². The molecular weight excluding hydrogens is 358 g/mol. The molecule has 2 aliphatic heterocycles. The van der Waals surface area contributed by atoms with Crippen molar-refractivity contribution in [2.75, 3.05) is 52.4 Å². The first-order chi connectivity index (χ1) is 13.5. The third-order valence-electron chi connectivity index (χ3n) is 5.10. The van der Waals surface area contributed by atoms with E-state index in [4.69, 9.17) is 14.5 Å². The van der Waals surface area contributed by atoms with Crippen molar-refractivity contribution in [2.24, 2.45) is 4.99 Å². The number of morpholine rings is 1. The molecule has 28 heavy (non-hydrogen) atoms. The van der Waals surface area contributed by atoms with Crippen LogP contribution in [0.2, 0.25) is 0 Å². The summed E-state index contributed by atoms with van der Waals surface area (Å²) in [4.78, 5) is 20.8. The summed E-state index contributed by atoms with van der Waals surface area (Å²) in [6.45, 7) is 14.8. The van der Waals surface area contributed by atoms with Crippen LogP contribution in [-0.2, 0) is 9.47 Å². The van der Waals surface area contributed by atoms with Gasteiger partial charge in [0.15, 0.2) is 5.96 Å². The van der Waals surface area contributed by atoms with E-state index in [0.29, 0.717) is 24.9 Å². The lowest BCUT2D eigenvalue weighted by atomic mass is 10.1. The van der Waals surface area contributed by atoms with E-state index in [-0.39, 0.29) is 6.09 Å². The van der Waals surface area contributed by atoms with Gasteiger partial charge in [-0.3, -0.25) is 9.89 Å². The van der Waals surface area contributed by atoms with Crippen molar-refractivity contribution in [1.82, 2.24) is 20.4 Å². The van der Waals surface area contributed by atoms with Gasteiger partial charge in [0.25, 0.3) is 0 Å². The Labute approximate surface area is 170 Å². The highest BCUT2D eigenvalue weighted by Gasteiger charge is 2.24. The maximum atomic E-state index is 11.8. The Morgan fingerprint density at radius 1 is 1.18 bits per heavy atom. The Morgan fingerprint density at radius 2 is 1.86 bits per heavy atom. The molecule has 2 fully saturated rings. The average molecular weight is 398 g/mol. The molecule has 8 nitrogen and oxygen atoms in total. The average Bonchev–Trinajstić information content (AvgIpc) is 2.65. The minimum Gasteiger partial charge on any atom is -0.450 e. The highest BCUT2D eigenvalue weighted by atomic mass is 16.6. The second-order valence-electron chi connectivity index (χ2n) is 7.74. The van der Waals surface area contributed by atoms with Crippen molar-refractivity contribution in [3.05, 3.63) is 0 Å². The number of rotatable bonds is 7. The molecule has 0 saturated carbocycles. The zero-order chi connectivity index (χ0) is 20.4. The fourth-order valence-corrected chi connectivity index (χ4v) is 3.89. The third kappa shape index (κ3) is 7.83. The lowest BCUT2D eigenvalue weighted by Crippen LogP contribution is -2.50. The van der Waals surface area contributed by atoms with Crippen molar-refractivity contribution in [3.8, 4) is 0 Å². The van der Waals surface area contributed by atoms with Gasteiger partial charge in [-0.2, -0.15) is 0 Å². The van der Waals surface area contributed by atoms with Gasteiger partial charge in [-0.25, -0.2) is 4.79 Å². The summed E-state index contributed by atoms with van der Waals surface area (Å²) in [5.41, 5.74) is 0. The molecule has 0 bridgehead atoms. The molecule has 0 spiro atoms. The van der Waals surface area contributed by atoms with E-state index < -0.39 is 0 Å². The van der Waals surface area contributed by atoms with Gasteiger partial charge in [-0.15, -0.1) is 0 Å². The van der Waals surface area contributed by atoms with Crippen LogP contribution in [0.5, 0.6) is 0 Å². The van der Waals surface area contributed by atoms with E-state index in [9.17, 15) is 4.79 Å². The highest BCUT2D eigenvalue weighted by Crippen LogP contribution is 2.12. The highest BCUT2D eigenvalue weighted by molar-refractivity contribution is 5.80. The molecule has 8 heteroatoms. The molecule has 2 unspecified atom stereocenters. The van der Waals surface area contributed by atoms with Crippen molar-refractivity contribution in [1.29, 1.82) is 0 Å². The molecule has 2 heterocycles. The first kappa shape index (κ1) is 22.7. The van der Waals surface area contributed by atoms with Gasteiger partial charge in [0, 0.05) is 51.9 Å². The van der Waals surface area contributed by atoms with Crippen molar-refractivity contribution in [2.45, 2.75) is 65.2 Å². The quantitative estimate of drug-likeness (QED) is 0.386. The fourth-order valence-electron chi connectivity index (χ4n) is 3.89. The molecule has 2 N–H and O–H groups in total. The summed E-state index contributed by atoms with van der Waals surface area (Å²) in [6.07, 6.45) is 3.28. The number of hydrogen-bond donors (Lipinski definition) is 2. The van der Waals surface area contributed by atoms with Crippen LogP contribution in [0.4, 0.5) is 4.79 Å². The van der Waals surface area contributed by atoms with Crippen LogP contribution < -0.4 is 10.6 Å². The molecule has 0 aromatic carbocycles. The molecule has 162 valence electrons. The summed E-state index contributed by atoms with van der Waals surface area (Å²) < 4.78 is 10.9. The number of piperidine rings is 1. The molecule has 0 radical (unpaired) electrons. The smallest absolute Gasteiger partial charge is 0.409 e. The monoisotopic (exact) mass is 397 g/mol. The molecule has 2 atom stereocenters. The van der Waals surface area contributed by atoms with Crippen LogP contribution >= 0.6 is 0 Å². The second kappa shape index (κ2) is 12.1. The Morgan fingerprint density at radius 3 is 2.46 bits per heavy atom. The van der Waals surface area contributed by atoms with E-state index in [1.807, 2.05) is 6.92 Å². The number of nitrogens with zero attached hydrogens (tertiary/aromatic N) is 3. The summed E-state index contributed by atoms with van der Waals surface area (Å²) in [6, 6.07) is 0.337. The van der Waals surface area contributed by atoms with Gasteiger partial charge < -0.3 is 25.0 Å². The van der Waals surface area contributed by atoms with Crippen molar-refractivity contribution in [3.63, 3.8) is 0 Å². The van der Waals surface area contributed by atoms with E-state index in [1.54, 1.807) is 4.90 Å². The van der Waals surface area contributed by atoms with Gasteiger partial charge in [0.1, 0.15) is 0 Å². The lowest BCUT2D eigenvalue weighted by Gasteiger charge is -2.35. The molecule has 2 aliphatic rings. The minimum absolute atomic E-state index is 0.201. The minimum atomic E-state index is -0.201. The Balaban J connectivity index is 1.71. The van der Waals surface area contributed by atoms with Gasteiger partial charge in [-0.1, -0.05) is 0 Å². The Bertz CT molecular complexity index is 484. The first-order valence-corrected chi connectivity index (χ1v) is 10.9. The summed E-state index contributed by atoms with van der Waals surface area (Å²) >= 11 is 0. The van der Waals surface area contributed by atoms with Gasteiger partial charge in [-0.05, 0) is 47.0 Å². The van der Waals surface area contributed by atoms with Crippen LogP contribution in [0.15, 0.2) is 4.99 Å². The van der Waals surface area contributed by atoms with Crippen LogP contribution in [0.3, 0.4) is 0 Å². The molecule has 2 rings (SSSR count). The maximum Gasteiger partial charge on any atom is 0.409 e. The third-order valence-corrected chi connectivity index (χ3v) is 5.10. The molecule has 1 amide bonds. The van der Waals surface area contributed by atoms with Crippen molar-refractivity contribution >= 4 is 12.1 Å². The van der Waals surface area contributed by atoms with Crippen LogP contribution in [-0.4, -0.2) is 92.5 Å². The zero-order valence-corrected chi connectivity index (χ0v) is 18.1. The number of carbonyl (C=O) groups is 1. The van der Waals surface area contributed by atoms with Gasteiger partial charge >= 0.3 is 6.09 Å². The zero-order valence-electron chi connectivity index (χ0n) is 18.1. The van der Waals surface area contributed by atoms with Crippen molar-refractivity contribution < 1.29 is 14.3 Å². The number of aliphatic imine (C=N–C) groups is 1. The topological polar surface area (TPSA) is 78.4 Å². The molecule has 0 aromatic heterocycles. The molecule has 0 aliphatic carbocycles. The standard InChI is InChI=1S/C20H39N5O3/c1-5-21-19(22-10-7-11-24-14-16(3)28-17(4)15-24)23-18-8-12-25(13-9-18)20(26)27-6-2/h16-18H,5-15H2,1-4H3,(H2,21,22,23). The number of hydrogen-bond acceptors (Lipinski definition) is 5. The van der Waals surface area contributed by atoms with E-state index in [0.717, 1.165) is 71.0 Å². The summed E-state index contributed by atoms with van der Waals surface area (Å²) in [5, 5.41) is 6.86. The summed E-state index contributed by atoms with van der Waals surface area (Å²) in [7, 11) is 0. The summed E-state index contributed by atoms with van der Waals surface area (Å²) in [5.74, 6) is 0.876. The van der Waals surface area contributed by atoms with E-state index >= 15 is 0 Å². The maximum absolute atomic E-state index is 11.8. The first-order valence-electron chi connectivity index (χ1n) is 10.9. The predicted molar refractivity (Wildman–Crippen MR) is 112 cm³/mol. The molecular formula is C20H39N5O3. The Hall–Kier alpha value is -1.54. The number of amides is 1. The Kier molecular flexibility index (Phi) is 9.84. The number of likely N-dealkylation sites (tertiary alicyclic amines) is 1. The van der Waals surface area contributed by atoms with Gasteiger partial charge in [0.05, 0.1) is 18.8 Å². The number of ether oxygens (including phenoxy) is 2. The number of carbonyl (C=O) groups excluding carboxylic acids is 1. The molecule has 2 saturated heterocycles. The van der Waals surface area contributed by atoms with E-state index in [2.05, 4.69) is 36.3 Å². The van der Waals surface area contributed by atoms with Crippen LogP contribution in [0, 0.1) is 0 Å². The fraction of sp³-hybridized carbons (Fsp3) is 0.900. The number of nitrogens with one attached hydrogen (secondary N) is 2.